The third-order valence-corrected chi connectivity index (χ3v) is 7.65. The number of H-pyrrole nitrogens is 1. The van der Waals surface area contributed by atoms with Crippen molar-refractivity contribution < 1.29 is 20.1 Å². The summed E-state index contributed by atoms with van der Waals surface area (Å²) < 4.78 is 1.29. The van der Waals surface area contributed by atoms with Crippen LogP contribution in [-0.4, -0.2) is 53.0 Å². The molecule has 1 amide bonds. The van der Waals surface area contributed by atoms with E-state index in [2.05, 4.69) is 9.97 Å². The first-order chi connectivity index (χ1) is 18.7. The molecule has 2 heterocycles. The number of rotatable bonds is 12. The number of carbonyl (C=O) groups is 1. The molecule has 206 valence electrons. The summed E-state index contributed by atoms with van der Waals surface area (Å²) in [6, 6.07) is 17.5. The van der Waals surface area contributed by atoms with Crippen LogP contribution in [0.25, 0.3) is 0 Å². The Labute approximate surface area is 231 Å². The molecule has 4 N–H and O–H groups in total. The van der Waals surface area contributed by atoms with Crippen LogP contribution in [0.3, 0.4) is 0 Å². The Balaban J connectivity index is 1.71. The van der Waals surface area contributed by atoms with Crippen molar-refractivity contribution in [2.75, 3.05) is 0 Å². The van der Waals surface area contributed by atoms with Crippen LogP contribution in [0.4, 0.5) is 4.79 Å². The summed E-state index contributed by atoms with van der Waals surface area (Å²) in [7, 11) is 0. The van der Waals surface area contributed by atoms with Crippen molar-refractivity contribution in [3.63, 3.8) is 0 Å². The molecule has 2 aromatic heterocycles. The van der Waals surface area contributed by atoms with Gasteiger partial charge in [-0.05, 0) is 36.3 Å². The normalized spacial score (nSPS) is 13.7. The van der Waals surface area contributed by atoms with Gasteiger partial charge in [0.15, 0.2) is 0 Å². The Bertz CT molecular complexity index is 1390. The highest BCUT2D eigenvalue weighted by molar-refractivity contribution is 7.09. The minimum atomic E-state index is -1.16. The fraction of sp³-hybridized carbons (Fsp3) is 0.345. The molecule has 39 heavy (non-hydrogen) atoms. The summed E-state index contributed by atoms with van der Waals surface area (Å²) in [4.78, 5) is 34.4. The van der Waals surface area contributed by atoms with Crippen molar-refractivity contribution in [3.05, 3.63) is 105 Å². The molecule has 0 unspecified atom stereocenters. The Morgan fingerprint density at radius 3 is 2.18 bits per heavy atom. The van der Waals surface area contributed by atoms with Gasteiger partial charge in [0, 0.05) is 17.1 Å². The molecule has 9 nitrogen and oxygen atoms in total. The third kappa shape index (κ3) is 6.96. The molecule has 2 aromatic carbocycles. The average Bonchev–Trinajstić information content (AvgIpc) is 3.54. The van der Waals surface area contributed by atoms with Crippen molar-refractivity contribution in [1.29, 1.82) is 0 Å². The van der Waals surface area contributed by atoms with Crippen molar-refractivity contribution in [1.82, 2.24) is 19.4 Å². The van der Waals surface area contributed by atoms with Gasteiger partial charge in [-0.15, -0.1) is 11.3 Å². The fourth-order valence-electron chi connectivity index (χ4n) is 4.92. The van der Waals surface area contributed by atoms with Crippen LogP contribution >= 0.6 is 11.3 Å². The molecular weight excluding hydrogens is 516 g/mol. The van der Waals surface area contributed by atoms with Crippen molar-refractivity contribution in [2.45, 2.75) is 63.8 Å². The molecule has 0 radical (unpaired) electrons. The molecule has 0 bridgehead atoms. The summed E-state index contributed by atoms with van der Waals surface area (Å²) in [5.41, 5.74) is 3.39. The van der Waals surface area contributed by atoms with Gasteiger partial charge in [-0.3, -0.25) is 14.5 Å². The molecule has 0 saturated carbocycles. The van der Waals surface area contributed by atoms with Gasteiger partial charge in [0.25, 0.3) is 0 Å². The molecule has 4 rings (SSSR count). The van der Waals surface area contributed by atoms with Gasteiger partial charge >= 0.3 is 11.8 Å². The highest BCUT2D eigenvalue weighted by Gasteiger charge is 2.34. The van der Waals surface area contributed by atoms with Crippen molar-refractivity contribution in [2.24, 2.45) is 0 Å². The topological polar surface area (TPSA) is 132 Å². The zero-order chi connectivity index (χ0) is 27.9. The van der Waals surface area contributed by atoms with Gasteiger partial charge in [0.2, 0.25) is 5.88 Å². The van der Waals surface area contributed by atoms with Gasteiger partial charge < -0.3 is 20.3 Å². The van der Waals surface area contributed by atoms with E-state index in [1.165, 1.54) is 20.8 Å². The van der Waals surface area contributed by atoms with E-state index in [1.54, 1.807) is 11.7 Å². The minimum absolute atomic E-state index is 0.0434. The monoisotopic (exact) mass is 550 g/mol. The lowest BCUT2D eigenvalue weighted by atomic mass is 9.92. The van der Waals surface area contributed by atoms with Gasteiger partial charge in [-0.1, -0.05) is 74.5 Å². The number of aromatic hydroxyl groups is 1. The molecular formula is C29H34N4O5S. The second-order valence-electron chi connectivity index (χ2n) is 9.97. The number of amides is 1. The van der Waals surface area contributed by atoms with Crippen LogP contribution in [0, 0.1) is 0 Å². The Hall–Kier alpha value is -3.89. The van der Waals surface area contributed by atoms with Crippen molar-refractivity contribution >= 4 is 17.4 Å². The van der Waals surface area contributed by atoms with E-state index in [1.807, 2.05) is 74.5 Å². The standard InChI is InChI=1S/C29H34N4O5S/c1-19(2)26-27(35)33(28(36)31-26)22(13-20-9-5-3-6-10-20)15-25(34)24(14-21-11-7-4-8-12-21)32(29(37)38)17-23-16-30-18-39-23/h3-12,16,18-19,22,24-25,34-35H,13-15,17H2,1-2H3,(H,31,36)(H,37,38)/t22-,24-,25-/m0/s1. The number of nitrogens with one attached hydrogen (secondary N) is 1. The zero-order valence-electron chi connectivity index (χ0n) is 22.0. The molecule has 0 fully saturated rings. The van der Waals surface area contributed by atoms with E-state index >= 15 is 0 Å². The van der Waals surface area contributed by atoms with E-state index in [4.69, 9.17) is 0 Å². The van der Waals surface area contributed by atoms with Gasteiger partial charge in [0.05, 0.1) is 29.9 Å². The zero-order valence-corrected chi connectivity index (χ0v) is 22.8. The third-order valence-electron chi connectivity index (χ3n) is 6.89. The number of benzene rings is 2. The Morgan fingerprint density at radius 1 is 1.05 bits per heavy atom. The number of aromatic nitrogens is 3. The Morgan fingerprint density at radius 2 is 1.67 bits per heavy atom. The summed E-state index contributed by atoms with van der Waals surface area (Å²) in [6.45, 7) is 3.82. The number of nitrogens with zero attached hydrogens (tertiary/aromatic N) is 3. The van der Waals surface area contributed by atoms with Crippen LogP contribution in [0.2, 0.25) is 0 Å². The van der Waals surface area contributed by atoms with Gasteiger partial charge in [-0.2, -0.15) is 0 Å². The molecule has 10 heteroatoms. The predicted molar refractivity (Wildman–Crippen MR) is 150 cm³/mol. The SMILES string of the molecule is CC(C)c1[nH]c(=O)n([C@@H](Cc2ccccc2)C[C@H](O)[C@H](Cc2ccccc2)N(Cc2cncs2)C(=O)O)c1O. The molecule has 3 atom stereocenters. The van der Waals surface area contributed by atoms with Crippen LogP contribution in [0.5, 0.6) is 5.88 Å². The molecule has 0 saturated heterocycles. The van der Waals surface area contributed by atoms with Gasteiger partial charge in [0.1, 0.15) is 0 Å². The minimum Gasteiger partial charge on any atom is -0.493 e. The van der Waals surface area contributed by atoms with Gasteiger partial charge in [-0.25, -0.2) is 9.59 Å². The predicted octanol–water partition coefficient (Wildman–Crippen LogP) is 4.79. The lowest BCUT2D eigenvalue weighted by molar-refractivity contribution is 0.0313. The molecule has 0 aliphatic carbocycles. The first-order valence-electron chi connectivity index (χ1n) is 12.9. The number of hydrogen-bond acceptors (Lipinski definition) is 6. The van der Waals surface area contributed by atoms with Crippen LogP contribution in [0.15, 0.2) is 77.2 Å². The van der Waals surface area contributed by atoms with E-state index in [0.717, 1.165) is 16.0 Å². The molecule has 4 aromatic rings. The second kappa shape index (κ2) is 12.8. The highest BCUT2D eigenvalue weighted by atomic mass is 32.1. The van der Waals surface area contributed by atoms with Crippen LogP contribution < -0.4 is 5.69 Å². The summed E-state index contributed by atoms with van der Waals surface area (Å²) >= 11 is 1.35. The number of aliphatic hydroxyl groups is 1. The summed E-state index contributed by atoms with van der Waals surface area (Å²) in [5.74, 6) is -0.281. The van der Waals surface area contributed by atoms with E-state index in [9.17, 15) is 24.9 Å². The van der Waals surface area contributed by atoms with Crippen LogP contribution in [-0.2, 0) is 19.4 Å². The number of thiazole rings is 1. The number of imidazole rings is 1. The van der Waals surface area contributed by atoms with Crippen LogP contribution in [0.1, 0.15) is 53.9 Å². The summed E-state index contributed by atoms with van der Waals surface area (Å²) in [6.07, 6.45) is -0.00696. The lowest BCUT2D eigenvalue weighted by Crippen LogP contribution is -2.48. The quantitative estimate of drug-likeness (QED) is 0.201. The number of aliphatic hydroxyl groups excluding tert-OH is 1. The second-order valence-corrected chi connectivity index (χ2v) is 10.9. The number of carboxylic acid groups (broad SMARTS) is 1. The lowest BCUT2D eigenvalue weighted by Gasteiger charge is -2.34. The summed E-state index contributed by atoms with van der Waals surface area (Å²) in [5, 5.41) is 32.9. The maximum atomic E-state index is 13.0. The molecule has 0 aliphatic rings. The first kappa shape index (κ1) is 28.1. The maximum Gasteiger partial charge on any atom is 0.407 e. The smallest absolute Gasteiger partial charge is 0.407 e. The largest absolute Gasteiger partial charge is 0.493 e. The number of hydrogen-bond donors (Lipinski definition) is 4. The van der Waals surface area contributed by atoms with E-state index in [0.29, 0.717) is 12.1 Å². The number of aromatic amines is 1. The first-order valence-corrected chi connectivity index (χ1v) is 13.8. The average molecular weight is 551 g/mol. The molecule has 0 aliphatic heterocycles. The molecule has 0 spiro atoms. The van der Waals surface area contributed by atoms with Crippen molar-refractivity contribution in [3.8, 4) is 5.88 Å². The highest BCUT2D eigenvalue weighted by Crippen LogP contribution is 2.30. The van der Waals surface area contributed by atoms with E-state index in [-0.39, 0.29) is 31.2 Å². The van der Waals surface area contributed by atoms with E-state index < -0.39 is 30.0 Å². The Kier molecular flexibility index (Phi) is 9.21. The maximum absolute atomic E-state index is 13.0. The fourth-order valence-corrected chi connectivity index (χ4v) is 5.52.